The topological polar surface area (TPSA) is 32.3 Å². The van der Waals surface area contributed by atoms with Crippen LogP contribution in [-0.2, 0) is 4.79 Å². The molecule has 3 rings (SSSR count). The average Bonchev–Trinajstić information content (AvgIpc) is 2.62. The van der Waals surface area contributed by atoms with Gasteiger partial charge in [-0.25, -0.2) is 0 Å². The predicted molar refractivity (Wildman–Crippen MR) is 97.8 cm³/mol. The molecule has 1 heterocycles. The van der Waals surface area contributed by atoms with Gasteiger partial charge in [0.05, 0.1) is 6.04 Å². The molecule has 1 aliphatic rings. The second kappa shape index (κ2) is 7.63. The van der Waals surface area contributed by atoms with Crippen molar-refractivity contribution < 1.29 is 4.79 Å². The third-order valence-electron chi connectivity index (χ3n) is 4.92. The molecule has 1 unspecified atom stereocenters. The molecule has 1 amide bonds. The third-order valence-corrected chi connectivity index (χ3v) is 4.92. The van der Waals surface area contributed by atoms with E-state index in [4.69, 9.17) is 0 Å². The Balaban J connectivity index is 1.80. The molecule has 1 aliphatic heterocycles. The number of benzene rings is 2. The first-order chi connectivity index (χ1) is 11.6. The molecule has 3 nitrogen and oxygen atoms in total. The molecule has 2 aromatic carbocycles. The van der Waals surface area contributed by atoms with Gasteiger partial charge < -0.3 is 10.2 Å². The second-order valence-electron chi connectivity index (χ2n) is 6.84. The van der Waals surface area contributed by atoms with Crippen LogP contribution in [0.1, 0.15) is 35.6 Å². The van der Waals surface area contributed by atoms with Crippen LogP contribution in [0.5, 0.6) is 0 Å². The molecule has 2 aromatic rings. The third kappa shape index (κ3) is 4.04. The predicted octanol–water partition coefficient (Wildman–Crippen LogP) is 3.54. The van der Waals surface area contributed by atoms with Gasteiger partial charge in [-0.15, -0.1) is 0 Å². The molecule has 0 bridgehead atoms. The van der Waals surface area contributed by atoms with Gasteiger partial charge in [0.1, 0.15) is 0 Å². The number of piperidine rings is 1. The van der Waals surface area contributed by atoms with Crippen molar-refractivity contribution in [1.82, 2.24) is 10.2 Å². The summed E-state index contributed by atoms with van der Waals surface area (Å²) in [6.45, 7) is 4.08. The quantitative estimate of drug-likeness (QED) is 0.934. The summed E-state index contributed by atoms with van der Waals surface area (Å²) < 4.78 is 0. The molecule has 0 radical (unpaired) electrons. The van der Waals surface area contributed by atoms with Crippen LogP contribution in [-0.4, -0.2) is 30.9 Å². The summed E-state index contributed by atoms with van der Waals surface area (Å²) >= 11 is 0. The fourth-order valence-electron chi connectivity index (χ4n) is 3.29. The van der Waals surface area contributed by atoms with Crippen LogP contribution in [0.25, 0.3) is 0 Å². The van der Waals surface area contributed by atoms with Crippen LogP contribution in [0.2, 0.25) is 0 Å². The molecule has 3 heteroatoms. The number of hydrogen-bond acceptors (Lipinski definition) is 2. The van der Waals surface area contributed by atoms with Crippen molar-refractivity contribution in [3.8, 4) is 0 Å². The van der Waals surface area contributed by atoms with E-state index in [0.717, 1.165) is 37.1 Å². The molecule has 126 valence electrons. The minimum absolute atomic E-state index is 0.0843. The van der Waals surface area contributed by atoms with Crippen LogP contribution < -0.4 is 5.32 Å². The SMILES string of the molecule is Cc1ccc(C(NC(=O)C2CCN(C)CC2)c2ccccc2)cc1. The van der Waals surface area contributed by atoms with Crippen molar-refractivity contribution in [2.75, 3.05) is 20.1 Å². The maximum Gasteiger partial charge on any atom is 0.223 e. The van der Waals surface area contributed by atoms with Crippen LogP contribution in [0.3, 0.4) is 0 Å². The average molecular weight is 322 g/mol. The number of carbonyl (C=O) groups is 1. The molecule has 0 saturated carbocycles. The van der Waals surface area contributed by atoms with E-state index in [1.165, 1.54) is 5.56 Å². The Bertz CT molecular complexity index is 658. The highest BCUT2D eigenvalue weighted by atomic mass is 16.1. The van der Waals surface area contributed by atoms with Crippen molar-refractivity contribution in [2.45, 2.75) is 25.8 Å². The van der Waals surface area contributed by atoms with Gasteiger partial charge in [0.25, 0.3) is 0 Å². The Labute approximate surface area is 144 Å². The highest BCUT2D eigenvalue weighted by Crippen LogP contribution is 2.24. The summed E-state index contributed by atoms with van der Waals surface area (Å²) in [6.07, 6.45) is 1.88. The van der Waals surface area contributed by atoms with Gasteiger partial charge in [0.15, 0.2) is 0 Å². The van der Waals surface area contributed by atoms with Crippen LogP contribution >= 0.6 is 0 Å². The number of amides is 1. The van der Waals surface area contributed by atoms with Gasteiger partial charge in [0, 0.05) is 5.92 Å². The Morgan fingerprint density at radius 1 is 1.00 bits per heavy atom. The lowest BCUT2D eigenvalue weighted by Gasteiger charge is -2.30. The molecule has 1 saturated heterocycles. The minimum Gasteiger partial charge on any atom is -0.345 e. The van der Waals surface area contributed by atoms with Gasteiger partial charge >= 0.3 is 0 Å². The van der Waals surface area contributed by atoms with Crippen molar-refractivity contribution >= 4 is 5.91 Å². The first-order valence-electron chi connectivity index (χ1n) is 8.74. The monoisotopic (exact) mass is 322 g/mol. The smallest absolute Gasteiger partial charge is 0.223 e. The van der Waals surface area contributed by atoms with E-state index in [9.17, 15) is 4.79 Å². The van der Waals surface area contributed by atoms with E-state index in [-0.39, 0.29) is 17.9 Å². The van der Waals surface area contributed by atoms with E-state index in [0.29, 0.717) is 0 Å². The number of hydrogen-bond donors (Lipinski definition) is 1. The molecule has 1 fully saturated rings. The van der Waals surface area contributed by atoms with E-state index in [1.54, 1.807) is 0 Å². The lowest BCUT2D eigenvalue weighted by atomic mass is 9.93. The van der Waals surface area contributed by atoms with Crippen LogP contribution in [0.4, 0.5) is 0 Å². The Kier molecular flexibility index (Phi) is 5.31. The number of aryl methyl sites for hydroxylation is 1. The number of rotatable bonds is 4. The highest BCUT2D eigenvalue weighted by Gasteiger charge is 2.26. The first-order valence-corrected chi connectivity index (χ1v) is 8.74. The lowest BCUT2D eigenvalue weighted by molar-refractivity contribution is -0.126. The summed E-state index contributed by atoms with van der Waals surface area (Å²) in [7, 11) is 2.12. The van der Waals surface area contributed by atoms with E-state index in [1.807, 2.05) is 18.2 Å². The molecular formula is C21H26N2O. The van der Waals surface area contributed by atoms with E-state index < -0.39 is 0 Å². The number of likely N-dealkylation sites (tertiary alicyclic amines) is 1. The number of carbonyl (C=O) groups excluding carboxylic acids is 1. The minimum atomic E-state index is -0.0843. The highest BCUT2D eigenvalue weighted by molar-refractivity contribution is 5.79. The summed E-state index contributed by atoms with van der Waals surface area (Å²) in [5.74, 6) is 0.301. The van der Waals surface area contributed by atoms with E-state index >= 15 is 0 Å². The number of nitrogens with zero attached hydrogens (tertiary/aromatic N) is 1. The van der Waals surface area contributed by atoms with Gasteiger partial charge in [-0.2, -0.15) is 0 Å². The van der Waals surface area contributed by atoms with Crippen LogP contribution in [0.15, 0.2) is 54.6 Å². The standard InChI is InChI=1S/C21H26N2O/c1-16-8-10-18(11-9-16)20(17-6-4-3-5-7-17)22-21(24)19-12-14-23(2)15-13-19/h3-11,19-20H,12-15H2,1-2H3,(H,22,24). The molecule has 1 atom stereocenters. The summed E-state index contributed by atoms with van der Waals surface area (Å²) in [6, 6.07) is 18.6. The molecule has 24 heavy (non-hydrogen) atoms. The normalized spacial score (nSPS) is 17.4. The van der Waals surface area contributed by atoms with Gasteiger partial charge in [0.2, 0.25) is 5.91 Å². The van der Waals surface area contributed by atoms with Gasteiger partial charge in [-0.3, -0.25) is 4.79 Å². The fourth-order valence-corrected chi connectivity index (χ4v) is 3.29. The van der Waals surface area contributed by atoms with Gasteiger partial charge in [-0.1, -0.05) is 60.2 Å². The van der Waals surface area contributed by atoms with Crippen molar-refractivity contribution in [1.29, 1.82) is 0 Å². The molecule has 0 aliphatic carbocycles. The second-order valence-corrected chi connectivity index (χ2v) is 6.84. The zero-order valence-electron chi connectivity index (χ0n) is 14.5. The molecule has 0 aromatic heterocycles. The summed E-state index contributed by atoms with van der Waals surface area (Å²) in [4.78, 5) is 15.1. The largest absolute Gasteiger partial charge is 0.345 e. The van der Waals surface area contributed by atoms with Crippen molar-refractivity contribution in [3.05, 3.63) is 71.3 Å². The zero-order chi connectivity index (χ0) is 16.9. The van der Waals surface area contributed by atoms with Gasteiger partial charge in [-0.05, 0) is 51.0 Å². The number of nitrogens with one attached hydrogen (secondary N) is 1. The Hall–Kier alpha value is -2.13. The Morgan fingerprint density at radius 3 is 2.21 bits per heavy atom. The maximum atomic E-state index is 12.8. The maximum absolute atomic E-state index is 12.8. The molecular weight excluding hydrogens is 296 g/mol. The zero-order valence-corrected chi connectivity index (χ0v) is 14.5. The summed E-state index contributed by atoms with van der Waals surface area (Å²) in [5, 5.41) is 3.30. The molecule has 1 N–H and O–H groups in total. The first kappa shape index (κ1) is 16.7. The fraction of sp³-hybridized carbons (Fsp3) is 0.381. The van der Waals surface area contributed by atoms with E-state index in [2.05, 4.69) is 60.6 Å². The van der Waals surface area contributed by atoms with Crippen molar-refractivity contribution in [3.63, 3.8) is 0 Å². The lowest BCUT2D eigenvalue weighted by Crippen LogP contribution is -2.40. The Morgan fingerprint density at radius 2 is 1.58 bits per heavy atom. The summed E-state index contributed by atoms with van der Waals surface area (Å²) in [5.41, 5.74) is 3.49. The van der Waals surface area contributed by atoms with Crippen molar-refractivity contribution in [2.24, 2.45) is 5.92 Å². The molecule has 0 spiro atoms. The van der Waals surface area contributed by atoms with Crippen LogP contribution in [0, 0.1) is 12.8 Å².